The first kappa shape index (κ1) is 15.1. The van der Waals surface area contributed by atoms with Gasteiger partial charge in [-0.1, -0.05) is 29.8 Å². The van der Waals surface area contributed by atoms with Crippen molar-refractivity contribution in [3.8, 4) is 0 Å². The van der Waals surface area contributed by atoms with Crippen LogP contribution in [0.4, 0.5) is 0 Å². The van der Waals surface area contributed by atoms with Crippen LogP contribution in [0.3, 0.4) is 0 Å². The van der Waals surface area contributed by atoms with E-state index in [0.717, 1.165) is 15.7 Å². The van der Waals surface area contributed by atoms with Gasteiger partial charge in [0.15, 0.2) is 0 Å². The average Bonchev–Trinajstić information content (AvgIpc) is 2.86. The predicted molar refractivity (Wildman–Crippen MR) is 94.7 cm³/mol. The minimum Gasteiger partial charge on any atom is -0.355 e. The topological polar surface area (TPSA) is 105 Å². The molecule has 25 heavy (non-hydrogen) atoms. The molecule has 0 amide bonds. The Morgan fingerprint density at radius 2 is 1.28 bits per heavy atom. The highest BCUT2D eigenvalue weighted by atomic mass is 16.2. The first-order valence-electron chi connectivity index (χ1n) is 7.67. The molecule has 7 heteroatoms. The average molecular weight is 335 g/mol. The Morgan fingerprint density at radius 1 is 0.800 bits per heavy atom. The molecule has 4 rings (SSSR count). The molecule has 0 aliphatic carbocycles. The molecule has 0 saturated heterocycles. The molecule has 0 bridgehead atoms. The third-order valence-corrected chi connectivity index (χ3v) is 4.33. The number of aryl methyl sites for hydroxylation is 1. The van der Waals surface area contributed by atoms with Crippen molar-refractivity contribution in [3.63, 3.8) is 0 Å². The van der Waals surface area contributed by atoms with Crippen LogP contribution in [0.5, 0.6) is 0 Å². The lowest BCUT2D eigenvalue weighted by Gasteiger charge is -2.01. The van der Waals surface area contributed by atoms with Crippen molar-refractivity contribution in [2.24, 2.45) is 0 Å². The van der Waals surface area contributed by atoms with Crippen LogP contribution in [0.15, 0.2) is 55.8 Å². The highest BCUT2D eigenvalue weighted by Crippen LogP contribution is 2.07. The molecule has 0 saturated carbocycles. The zero-order chi connectivity index (χ0) is 17.7. The summed E-state index contributed by atoms with van der Waals surface area (Å²) in [5.41, 5.74) is -0.995. The molecule has 0 atom stereocenters. The number of aromatic amines is 2. The number of fused-ring (bicyclic) bond motifs is 2. The van der Waals surface area contributed by atoms with E-state index in [0.29, 0.717) is 0 Å². The molecule has 0 aliphatic rings. The number of rotatable bonds is 2. The first-order chi connectivity index (χ1) is 12.0. The Morgan fingerprint density at radius 3 is 1.76 bits per heavy atom. The molecule has 0 radical (unpaired) electrons. The number of hydrogen-bond acceptors (Lipinski definition) is 4. The molecule has 0 spiro atoms. The van der Waals surface area contributed by atoms with Crippen LogP contribution < -0.4 is 22.0 Å². The van der Waals surface area contributed by atoms with E-state index < -0.39 is 22.0 Å². The van der Waals surface area contributed by atoms with E-state index in [1.54, 1.807) is 12.1 Å². The Balaban J connectivity index is 2.08. The van der Waals surface area contributed by atoms with Crippen molar-refractivity contribution in [3.05, 3.63) is 88.9 Å². The van der Waals surface area contributed by atoms with E-state index in [1.807, 2.05) is 19.1 Å². The van der Waals surface area contributed by atoms with Crippen LogP contribution in [-0.4, -0.2) is 14.5 Å². The summed E-state index contributed by atoms with van der Waals surface area (Å²) in [6.07, 6.45) is 2.89. The third kappa shape index (κ3) is 2.13. The number of aromatic nitrogens is 3. The van der Waals surface area contributed by atoms with Gasteiger partial charge in [0.05, 0.1) is 6.54 Å². The lowest BCUT2D eigenvalue weighted by molar-refractivity contribution is 0.754. The fourth-order valence-corrected chi connectivity index (χ4v) is 3.02. The smallest absolute Gasteiger partial charge is 0.266 e. The normalized spacial score (nSPS) is 11.4. The minimum absolute atomic E-state index is 0.00921. The molecule has 124 valence electrons. The molecular formula is C18H13N3O4. The summed E-state index contributed by atoms with van der Waals surface area (Å²) in [6, 6.07) is 7.33. The second kappa shape index (κ2) is 5.27. The van der Waals surface area contributed by atoms with E-state index in [9.17, 15) is 19.2 Å². The summed E-state index contributed by atoms with van der Waals surface area (Å²) in [6.45, 7) is 1.94. The molecule has 7 nitrogen and oxygen atoms in total. The van der Waals surface area contributed by atoms with Crippen molar-refractivity contribution in [1.29, 1.82) is 0 Å². The van der Waals surface area contributed by atoms with Gasteiger partial charge in [0, 0.05) is 12.4 Å². The standard InChI is InChI=1S/C18H13N3O4/c1-9-2-4-10(5-3-9)8-21-17(24)11-12(18(21)25)16(23)14-13(15(11)22)19-6-7-20-14/h2-7,19-20H,8H2,1H3. The number of H-pyrrole nitrogens is 2. The zero-order valence-corrected chi connectivity index (χ0v) is 13.3. The van der Waals surface area contributed by atoms with E-state index >= 15 is 0 Å². The lowest BCUT2D eigenvalue weighted by atomic mass is 10.1. The molecular weight excluding hydrogens is 322 g/mol. The summed E-state index contributed by atoms with van der Waals surface area (Å²) in [5.74, 6) is 0. The predicted octanol–water partition coefficient (Wildman–Crippen LogP) is 0.686. The largest absolute Gasteiger partial charge is 0.355 e. The highest BCUT2D eigenvalue weighted by molar-refractivity contribution is 5.93. The number of hydrogen-bond donors (Lipinski definition) is 2. The van der Waals surface area contributed by atoms with E-state index in [4.69, 9.17) is 0 Å². The summed E-state index contributed by atoms with van der Waals surface area (Å²) < 4.78 is 0.941. The fourth-order valence-electron chi connectivity index (χ4n) is 3.02. The minimum atomic E-state index is -0.734. The first-order valence-corrected chi connectivity index (χ1v) is 7.67. The van der Waals surface area contributed by atoms with E-state index in [1.165, 1.54) is 12.4 Å². The van der Waals surface area contributed by atoms with Gasteiger partial charge in [-0.25, -0.2) is 0 Å². The molecule has 0 unspecified atom stereocenters. The van der Waals surface area contributed by atoms with E-state index in [2.05, 4.69) is 9.97 Å². The summed E-state index contributed by atoms with van der Waals surface area (Å²) >= 11 is 0. The molecule has 2 N–H and O–H groups in total. The highest BCUT2D eigenvalue weighted by Gasteiger charge is 2.22. The van der Waals surface area contributed by atoms with E-state index in [-0.39, 0.29) is 28.4 Å². The maximum Gasteiger partial charge on any atom is 0.266 e. The van der Waals surface area contributed by atoms with Gasteiger partial charge in [-0.15, -0.1) is 0 Å². The maximum absolute atomic E-state index is 12.6. The molecule has 2 aromatic carbocycles. The van der Waals surface area contributed by atoms with Gasteiger partial charge < -0.3 is 9.97 Å². The number of nitrogens with one attached hydrogen (secondary N) is 2. The fraction of sp³-hybridized carbons (Fsp3) is 0.111. The van der Waals surface area contributed by atoms with Gasteiger partial charge >= 0.3 is 0 Å². The zero-order valence-electron chi connectivity index (χ0n) is 13.3. The van der Waals surface area contributed by atoms with Crippen molar-refractivity contribution < 1.29 is 0 Å². The maximum atomic E-state index is 12.6. The van der Waals surface area contributed by atoms with Gasteiger partial charge in [-0.3, -0.25) is 23.7 Å². The van der Waals surface area contributed by atoms with Gasteiger partial charge in [-0.2, -0.15) is 0 Å². The quantitative estimate of drug-likeness (QED) is 0.562. The molecule has 0 fully saturated rings. The monoisotopic (exact) mass is 335 g/mol. The molecule has 2 aromatic heterocycles. The van der Waals surface area contributed by atoms with Crippen LogP contribution in [0.1, 0.15) is 11.1 Å². The van der Waals surface area contributed by atoms with Crippen molar-refractivity contribution >= 4 is 21.8 Å². The van der Waals surface area contributed by atoms with Gasteiger partial charge in [0.25, 0.3) is 11.1 Å². The SMILES string of the molecule is Cc1ccc(Cn2c(=O)c3c(=O)c4[nH]cc[nH]c4c(=O)c3c2=O)cc1. The summed E-state index contributed by atoms with van der Waals surface area (Å²) in [7, 11) is 0. The molecule has 2 heterocycles. The van der Waals surface area contributed by atoms with Crippen LogP contribution in [0, 0.1) is 6.92 Å². The Labute approximate surface area is 139 Å². The Kier molecular flexibility index (Phi) is 3.18. The van der Waals surface area contributed by atoms with Crippen molar-refractivity contribution in [1.82, 2.24) is 14.5 Å². The summed E-state index contributed by atoms with van der Waals surface area (Å²) in [4.78, 5) is 55.8. The van der Waals surface area contributed by atoms with Crippen molar-refractivity contribution in [2.45, 2.75) is 13.5 Å². The second-order valence-electron chi connectivity index (χ2n) is 5.96. The van der Waals surface area contributed by atoms with Gasteiger partial charge in [0.1, 0.15) is 21.8 Å². The Hall–Kier alpha value is -3.48. The molecule has 0 aliphatic heterocycles. The second-order valence-corrected chi connectivity index (χ2v) is 5.96. The van der Waals surface area contributed by atoms with Crippen molar-refractivity contribution in [2.75, 3.05) is 0 Å². The number of nitrogens with zero attached hydrogens (tertiary/aromatic N) is 1. The van der Waals surface area contributed by atoms with Gasteiger partial charge in [0.2, 0.25) is 10.9 Å². The lowest BCUT2D eigenvalue weighted by Crippen LogP contribution is -2.27. The van der Waals surface area contributed by atoms with Crippen LogP contribution in [0.25, 0.3) is 21.8 Å². The van der Waals surface area contributed by atoms with Crippen LogP contribution >= 0.6 is 0 Å². The van der Waals surface area contributed by atoms with Crippen LogP contribution in [0.2, 0.25) is 0 Å². The Bertz CT molecular complexity index is 1260. The third-order valence-electron chi connectivity index (χ3n) is 4.33. The molecule has 4 aromatic rings. The van der Waals surface area contributed by atoms with Gasteiger partial charge in [-0.05, 0) is 12.5 Å². The number of benzene rings is 2. The summed E-state index contributed by atoms with van der Waals surface area (Å²) in [5, 5.41) is -0.712. The van der Waals surface area contributed by atoms with Crippen LogP contribution in [-0.2, 0) is 6.54 Å².